The molecule has 0 atom stereocenters. The van der Waals surface area contributed by atoms with Crippen molar-refractivity contribution in [2.24, 2.45) is 0 Å². The van der Waals surface area contributed by atoms with Crippen LogP contribution in [0.2, 0.25) is 5.02 Å². The standard InChI is InChI=1S/C17H18ClN7S2/c1-10(2)14-21-22-16(26)24(14)8-7-19-15-23-25-9-13(20-17(25)27-15)11-3-5-12(18)6-4-11/h3-6,9-10H,7-8H2,1-2H3,(H,19,23)(H,22,26). The lowest BCUT2D eigenvalue weighted by molar-refractivity contribution is 0.631. The largest absolute Gasteiger partial charge is 0.358 e. The van der Waals surface area contributed by atoms with Gasteiger partial charge in [-0.15, -0.1) is 5.10 Å². The molecular weight excluding hydrogens is 402 g/mol. The van der Waals surface area contributed by atoms with Gasteiger partial charge in [0.1, 0.15) is 5.82 Å². The van der Waals surface area contributed by atoms with Crippen LogP contribution in [0, 0.1) is 4.77 Å². The quantitative estimate of drug-likeness (QED) is 0.446. The normalized spacial score (nSPS) is 11.6. The number of H-pyrrole nitrogens is 1. The zero-order chi connectivity index (χ0) is 19.0. The summed E-state index contributed by atoms with van der Waals surface area (Å²) in [6.45, 7) is 5.63. The molecule has 3 heterocycles. The number of nitrogens with zero attached hydrogens (tertiary/aromatic N) is 5. The highest BCUT2D eigenvalue weighted by atomic mass is 35.5. The van der Waals surface area contributed by atoms with Crippen molar-refractivity contribution < 1.29 is 0 Å². The summed E-state index contributed by atoms with van der Waals surface area (Å²) in [7, 11) is 0. The first-order valence-electron chi connectivity index (χ1n) is 8.52. The van der Waals surface area contributed by atoms with Crippen LogP contribution < -0.4 is 5.32 Å². The van der Waals surface area contributed by atoms with Crippen LogP contribution in [0.15, 0.2) is 30.5 Å². The van der Waals surface area contributed by atoms with E-state index in [2.05, 4.69) is 39.4 Å². The van der Waals surface area contributed by atoms with E-state index in [0.717, 1.165) is 33.7 Å². The molecule has 0 bridgehead atoms. The van der Waals surface area contributed by atoms with E-state index in [0.29, 0.717) is 22.3 Å². The molecule has 0 saturated heterocycles. The summed E-state index contributed by atoms with van der Waals surface area (Å²) in [5.74, 6) is 1.27. The van der Waals surface area contributed by atoms with Crippen molar-refractivity contribution in [1.82, 2.24) is 29.4 Å². The van der Waals surface area contributed by atoms with Crippen LogP contribution in [0.3, 0.4) is 0 Å². The van der Waals surface area contributed by atoms with Crippen molar-refractivity contribution in [2.45, 2.75) is 26.3 Å². The van der Waals surface area contributed by atoms with E-state index in [1.54, 1.807) is 4.52 Å². The SMILES string of the molecule is CC(C)c1n[nH]c(=S)n1CCNc1nn2cc(-c3ccc(Cl)cc3)nc2s1. The molecule has 0 aliphatic rings. The second kappa shape index (κ2) is 7.41. The van der Waals surface area contributed by atoms with Crippen molar-refractivity contribution in [2.75, 3.05) is 11.9 Å². The lowest BCUT2D eigenvalue weighted by atomic mass is 10.2. The van der Waals surface area contributed by atoms with Crippen LogP contribution >= 0.6 is 35.2 Å². The topological polar surface area (TPSA) is 75.8 Å². The predicted octanol–water partition coefficient (Wildman–Crippen LogP) is 4.60. The van der Waals surface area contributed by atoms with E-state index in [1.807, 2.05) is 35.0 Å². The molecule has 4 rings (SSSR count). The number of rotatable bonds is 6. The highest BCUT2D eigenvalue weighted by molar-refractivity contribution is 7.71. The van der Waals surface area contributed by atoms with Crippen molar-refractivity contribution in [3.05, 3.63) is 46.1 Å². The molecule has 0 amide bonds. The third kappa shape index (κ3) is 3.76. The molecule has 0 aliphatic heterocycles. The Bertz CT molecular complexity index is 1090. The van der Waals surface area contributed by atoms with E-state index in [9.17, 15) is 0 Å². The summed E-state index contributed by atoms with van der Waals surface area (Å²) >= 11 is 12.8. The van der Waals surface area contributed by atoms with Gasteiger partial charge in [-0.25, -0.2) is 9.50 Å². The zero-order valence-electron chi connectivity index (χ0n) is 14.8. The van der Waals surface area contributed by atoms with Gasteiger partial charge in [0.05, 0.1) is 11.9 Å². The Balaban J connectivity index is 1.45. The first-order chi connectivity index (χ1) is 13.0. The first kappa shape index (κ1) is 18.1. The smallest absolute Gasteiger partial charge is 0.214 e. The Morgan fingerprint density at radius 2 is 2.07 bits per heavy atom. The second-order valence-electron chi connectivity index (χ2n) is 6.39. The molecule has 10 heteroatoms. The molecule has 0 saturated carbocycles. The van der Waals surface area contributed by atoms with E-state index in [1.165, 1.54) is 11.3 Å². The number of halogens is 1. The number of aromatic amines is 1. The van der Waals surface area contributed by atoms with Gasteiger partial charge in [-0.3, -0.25) is 5.10 Å². The van der Waals surface area contributed by atoms with Gasteiger partial charge >= 0.3 is 0 Å². The van der Waals surface area contributed by atoms with Gasteiger partial charge in [0.25, 0.3) is 0 Å². The minimum Gasteiger partial charge on any atom is -0.358 e. The summed E-state index contributed by atoms with van der Waals surface area (Å²) in [6, 6.07) is 7.62. The third-order valence-corrected chi connectivity index (χ3v) is 5.54. The number of aromatic nitrogens is 6. The molecule has 27 heavy (non-hydrogen) atoms. The van der Waals surface area contributed by atoms with Gasteiger partial charge in [0.2, 0.25) is 10.1 Å². The molecule has 0 aliphatic carbocycles. The Labute approximate surface area is 170 Å². The van der Waals surface area contributed by atoms with Gasteiger partial charge in [-0.05, 0) is 24.4 Å². The highest BCUT2D eigenvalue weighted by Gasteiger charge is 2.12. The number of fused-ring (bicyclic) bond motifs is 1. The lowest BCUT2D eigenvalue weighted by Crippen LogP contribution is -2.14. The number of imidazole rings is 1. The highest BCUT2D eigenvalue weighted by Crippen LogP contribution is 2.25. The first-order valence-corrected chi connectivity index (χ1v) is 10.1. The summed E-state index contributed by atoms with van der Waals surface area (Å²) in [6.07, 6.45) is 1.92. The second-order valence-corrected chi connectivity index (χ2v) is 8.17. The van der Waals surface area contributed by atoms with Crippen LogP contribution in [-0.4, -0.2) is 35.9 Å². The maximum absolute atomic E-state index is 5.94. The average Bonchev–Trinajstić information content (AvgIpc) is 3.29. The van der Waals surface area contributed by atoms with Crippen molar-refractivity contribution in [1.29, 1.82) is 0 Å². The Kier molecular flexibility index (Phi) is 4.98. The minimum absolute atomic E-state index is 0.312. The molecule has 0 unspecified atom stereocenters. The van der Waals surface area contributed by atoms with E-state index >= 15 is 0 Å². The van der Waals surface area contributed by atoms with Gasteiger partial charge in [0, 0.05) is 29.6 Å². The maximum atomic E-state index is 5.94. The van der Waals surface area contributed by atoms with Crippen LogP contribution in [0.5, 0.6) is 0 Å². The fourth-order valence-corrected chi connectivity index (χ4v) is 3.96. The molecule has 2 N–H and O–H groups in total. The van der Waals surface area contributed by atoms with Crippen LogP contribution in [0.1, 0.15) is 25.6 Å². The fraction of sp³-hybridized carbons (Fsp3) is 0.294. The minimum atomic E-state index is 0.312. The van der Waals surface area contributed by atoms with Crippen LogP contribution in [0.25, 0.3) is 16.2 Å². The zero-order valence-corrected chi connectivity index (χ0v) is 17.2. The summed E-state index contributed by atoms with van der Waals surface area (Å²) < 4.78 is 4.45. The molecular formula is C17H18ClN7S2. The summed E-state index contributed by atoms with van der Waals surface area (Å²) in [5, 5.41) is 16.6. The van der Waals surface area contributed by atoms with Crippen molar-refractivity contribution in [3.63, 3.8) is 0 Å². The van der Waals surface area contributed by atoms with E-state index in [4.69, 9.17) is 23.8 Å². The number of nitrogens with one attached hydrogen (secondary N) is 2. The third-order valence-electron chi connectivity index (χ3n) is 4.10. The molecule has 0 spiro atoms. The van der Waals surface area contributed by atoms with Crippen LogP contribution in [0.4, 0.5) is 5.13 Å². The molecule has 3 aromatic heterocycles. The molecule has 4 aromatic rings. The molecule has 0 radical (unpaired) electrons. The number of anilines is 1. The van der Waals surface area contributed by atoms with Crippen LogP contribution in [-0.2, 0) is 6.54 Å². The Morgan fingerprint density at radius 3 is 2.78 bits per heavy atom. The number of benzene rings is 1. The molecule has 140 valence electrons. The molecule has 0 fully saturated rings. The van der Waals surface area contributed by atoms with E-state index in [-0.39, 0.29) is 0 Å². The van der Waals surface area contributed by atoms with Gasteiger partial charge in [-0.2, -0.15) is 5.10 Å². The summed E-state index contributed by atoms with van der Waals surface area (Å²) in [5.41, 5.74) is 1.89. The molecule has 1 aromatic carbocycles. The fourth-order valence-electron chi connectivity index (χ4n) is 2.79. The van der Waals surface area contributed by atoms with Gasteiger partial charge < -0.3 is 9.88 Å². The molecule has 7 nitrogen and oxygen atoms in total. The maximum Gasteiger partial charge on any atom is 0.214 e. The van der Waals surface area contributed by atoms with Gasteiger partial charge in [-0.1, -0.05) is 48.9 Å². The van der Waals surface area contributed by atoms with Crippen molar-refractivity contribution >= 4 is 45.2 Å². The van der Waals surface area contributed by atoms with Gasteiger partial charge in [0.15, 0.2) is 4.77 Å². The average molecular weight is 420 g/mol. The predicted molar refractivity (Wildman–Crippen MR) is 111 cm³/mol. The Morgan fingerprint density at radius 1 is 1.30 bits per heavy atom. The Hall–Kier alpha value is -2.23. The number of hydrogen-bond acceptors (Lipinski definition) is 6. The van der Waals surface area contributed by atoms with E-state index < -0.39 is 0 Å². The lowest BCUT2D eigenvalue weighted by Gasteiger charge is -2.09. The summed E-state index contributed by atoms with van der Waals surface area (Å²) in [4.78, 5) is 5.48. The van der Waals surface area contributed by atoms with Crippen molar-refractivity contribution in [3.8, 4) is 11.3 Å². The number of hydrogen-bond donors (Lipinski definition) is 2. The monoisotopic (exact) mass is 419 g/mol.